The van der Waals surface area contributed by atoms with Gasteiger partial charge in [-0.1, -0.05) is 19.1 Å². The molecule has 0 amide bonds. The number of nitrogens with one attached hydrogen (secondary N) is 1. The van der Waals surface area contributed by atoms with Gasteiger partial charge in [-0.05, 0) is 30.7 Å². The largest absolute Gasteiger partial charge is 0.298 e. The molecule has 1 aromatic carbocycles. The maximum absolute atomic E-state index is 12.0. The molecule has 21 heavy (non-hydrogen) atoms. The van der Waals surface area contributed by atoms with Crippen LogP contribution in [-0.4, -0.2) is 48.7 Å². The summed E-state index contributed by atoms with van der Waals surface area (Å²) in [4.78, 5) is 2.96. The van der Waals surface area contributed by atoms with E-state index in [1.807, 2.05) is 24.3 Å². The molecule has 1 aliphatic rings. The van der Waals surface area contributed by atoms with Crippen molar-refractivity contribution in [2.24, 2.45) is 0 Å². The standard InChI is InChI=1S/C14H22N2O3S2/c1-3-15-21(18,19)14-8-9-16(11-14)10-12-4-6-13(7-5-12)20(2)17/h4-7,14-15H,3,8-11H2,1-2H3/t14-,20-/m0/s1. The molecule has 0 unspecified atom stereocenters. The van der Waals surface area contributed by atoms with Gasteiger partial charge in [0.25, 0.3) is 0 Å². The number of sulfonamides is 1. The van der Waals surface area contributed by atoms with Crippen molar-refractivity contribution in [1.29, 1.82) is 0 Å². The lowest BCUT2D eigenvalue weighted by Crippen LogP contribution is -2.36. The van der Waals surface area contributed by atoms with Gasteiger partial charge in [0, 0.05) is 41.6 Å². The Hall–Kier alpha value is -0.760. The van der Waals surface area contributed by atoms with Gasteiger partial charge < -0.3 is 0 Å². The second kappa shape index (κ2) is 7.00. The average molecular weight is 330 g/mol. The van der Waals surface area contributed by atoms with E-state index < -0.39 is 20.8 Å². The first-order chi connectivity index (χ1) is 9.92. The molecule has 1 aliphatic heterocycles. The Balaban J connectivity index is 1.95. The van der Waals surface area contributed by atoms with E-state index in [0.717, 1.165) is 23.5 Å². The van der Waals surface area contributed by atoms with Gasteiger partial charge in [0.05, 0.1) is 5.25 Å². The minimum Gasteiger partial charge on any atom is -0.298 e. The summed E-state index contributed by atoms with van der Waals surface area (Å²) >= 11 is 0. The number of likely N-dealkylation sites (tertiary alicyclic amines) is 1. The summed E-state index contributed by atoms with van der Waals surface area (Å²) in [7, 11) is -4.15. The highest BCUT2D eigenvalue weighted by Crippen LogP contribution is 2.19. The van der Waals surface area contributed by atoms with E-state index in [-0.39, 0.29) is 5.25 Å². The van der Waals surface area contributed by atoms with Crippen molar-refractivity contribution in [3.05, 3.63) is 29.8 Å². The number of hydrogen-bond donors (Lipinski definition) is 1. The van der Waals surface area contributed by atoms with Crippen LogP contribution in [-0.2, 0) is 27.4 Å². The normalized spacial score (nSPS) is 21.5. The van der Waals surface area contributed by atoms with Crippen LogP contribution in [0, 0.1) is 0 Å². The summed E-state index contributed by atoms with van der Waals surface area (Å²) in [5.41, 5.74) is 1.12. The number of nitrogens with zero attached hydrogens (tertiary/aromatic N) is 1. The lowest BCUT2D eigenvalue weighted by atomic mass is 10.2. The van der Waals surface area contributed by atoms with Crippen LogP contribution in [0.25, 0.3) is 0 Å². The van der Waals surface area contributed by atoms with Crippen molar-refractivity contribution in [2.75, 3.05) is 25.9 Å². The van der Waals surface area contributed by atoms with Crippen molar-refractivity contribution in [3.8, 4) is 0 Å². The molecule has 5 nitrogen and oxygen atoms in total. The summed E-state index contributed by atoms with van der Waals surface area (Å²) < 4.78 is 37.9. The molecule has 0 radical (unpaired) electrons. The minimum absolute atomic E-state index is 0.320. The third kappa shape index (κ3) is 4.35. The first-order valence-corrected chi connectivity index (χ1v) is 10.2. The van der Waals surface area contributed by atoms with Gasteiger partial charge in [0.1, 0.15) is 0 Å². The fourth-order valence-electron chi connectivity index (χ4n) is 2.56. The molecule has 2 atom stereocenters. The van der Waals surface area contributed by atoms with Crippen LogP contribution in [0.3, 0.4) is 0 Å². The zero-order chi connectivity index (χ0) is 15.5. The van der Waals surface area contributed by atoms with E-state index >= 15 is 0 Å². The molecule has 7 heteroatoms. The van der Waals surface area contributed by atoms with E-state index in [2.05, 4.69) is 9.62 Å². The molecule has 0 aromatic heterocycles. The van der Waals surface area contributed by atoms with Crippen molar-refractivity contribution in [1.82, 2.24) is 9.62 Å². The summed E-state index contributed by atoms with van der Waals surface area (Å²) in [6.07, 6.45) is 2.33. The van der Waals surface area contributed by atoms with Gasteiger partial charge in [-0.15, -0.1) is 0 Å². The molecule has 1 heterocycles. The Bertz CT molecular complexity index is 599. The zero-order valence-corrected chi connectivity index (χ0v) is 14.0. The van der Waals surface area contributed by atoms with Crippen molar-refractivity contribution in [2.45, 2.75) is 30.0 Å². The predicted molar refractivity (Wildman–Crippen MR) is 85.1 cm³/mol. The van der Waals surface area contributed by atoms with E-state index in [0.29, 0.717) is 19.5 Å². The SMILES string of the molecule is CCNS(=O)(=O)[C@H]1CCN(Cc2ccc([S@](C)=O)cc2)C1. The Morgan fingerprint density at radius 3 is 2.57 bits per heavy atom. The molecule has 1 fully saturated rings. The third-order valence-corrected chi connectivity index (χ3v) is 6.56. The number of hydrogen-bond acceptors (Lipinski definition) is 4. The van der Waals surface area contributed by atoms with Crippen LogP contribution in [0.5, 0.6) is 0 Å². The first-order valence-electron chi connectivity index (χ1n) is 7.05. The third-order valence-electron chi connectivity index (χ3n) is 3.67. The second-order valence-corrected chi connectivity index (χ2v) is 8.71. The molecular formula is C14H22N2O3S2. The molecule has 1 N–H and O–H groups in total. The molecule has 2 rings (SSSR count). The van der Waals surface area contributed by atoms with Gasteiger partial charge >= 0.3 is 0 Å². The van der Waals surface area contributed by atoms with Gasteiger partial charge in [0.2, 0.25) is 10.0 Å². The Morgan fingerprint density at radius 1 is 1.33 bits per heavy atom. The van der Waals surface area contributed by atoms with Crippen LogP contribution in [0.15, 0.2) is 29.2 Å². The molecular weight excluding hydrogens is 308 g/mol. The van der Waals surface area contributed by atoms with Crippen molar-refractivity contribution >= 4 is 20.8 Å². The Labute approximate surface area is 129 Å². The van der Waals surface area contributed by atoms with E-state index in [9.17, 15) is 12.6 Å². The number of rotatable bonds is 6. The smallest absolute Gasteiger partial charge is 0.215 e. The first kappa shape index (κ1) is 16.6. The molecule has 1 aromatic rings. The van der Waals surface area contributed by atoms with Crippen LogP contribution in [0.2, 0.25) is 0 Å². The molecule has 0 aliphatic carbocycles. The second-order valence-electron chi connectivity index (χ2n) is 5.29. The highest BCUT2D eigenvalue weighted by Gasteiger charge is 2.32. The van der Waals surface area contributed by atoms with Gasteiger partial charge in [0.15, 0.2) is 0 Å². The molecule has 118 valence electrons. The van der Waals surface area contributed by atoms with Crippen molar-refractivity contribution in [3.63, 3.8) is 0 Å². The zero-order valence-electron chi connectivity index (χ0n) is 12.4. The fourth-order valence-corrected chi connectivity index (χ4v) is 4.54. The lowest BCUT2D eigenvalue weighted by molar-refractivity contribution is 0.331. The molecule has 1 saturated heterocycles. The molecule has 0 bridgehead atoms. The van der Waals surface area contributed by atoms with Gasteiger partial charge in [-0.3, -0.25) is 9.11 Å². The number of benzene rings is 1. The maximum atomic E-state index is 12.0. The summed E-state index contributed by atoms with van der Waals surface area (Å²) in [5.74, 6) is 0. The highest BCUT2D eigenvalue weighted by atomic mass is 32.2. The Kier molecular flexibility index (Phi) is 5.54. The van der Waals surface area contributed by atoms with Gasteiger partial charge in [-0.2, -0.15) is 0 Å². The summed E-state index contributed by atoms with van der Waals surface area (Å²) in [6, 6.07) is 7.66. The van der Waals surface area contributed by atoms with E-state index in [1.54, 1.807) is 13.2 Å². The quantitative estimate of drug-likeness (QED) is 0.843. The molecule has 0 saturated carbocycles. The predicted octanol–water partition coefficient (Wildman–Crippen LogP) is 0.938. The maximum Gasteiger partial charge on any atom is 0.215 e. The van der Waals surface area contributed by atoms with Crippen LogP contribution < -0.4 is 4.72 Å². The van der Waals surface area contributed by atoms with Crippen molar-refractivity contribution < 1.29 is 12.6 Å². The van der Waals surface area contributed by atoms with Crippen LogP contribution in [0.4, 0.5) is 0 Å². The van der Waals surface area contributed by atoms with E-state index in [1.165, 1.54) is 0 Å². The summed E-state index contributed by atoms with van der Waals surface area (Å²) in [5, 5.41) is -0.320. The topological polar surface area (TPSA) is 66.5 Å². The average Bonchev–Trinajstić information content (AvgIpc) is 2.88. The van der Waals surface area contributed by atoms with Gasteiger partial charge in [-0.25, -0.2) is 13.1 Å². The monoisotopic (exact) mass is 330 g/mol. The fraction of sp³-hybridized carbons (Fsp3) is 0.571. The van der Waals surface area contributed by atoms with Crippen LogP contribution in [0.1, 0.15) is 18.9 Å². The van der Waals surface area contributed by atoms with Crippen LogP contribution >= 0.6 is 0 Å². The Morgan fingerprint density at radius 2 is 2.00 bits per heavy atom. The minimum atomic E-state index is -3.19. The molecule has 0 spiro atoms. The summed E-state index contributed by atoms with van der Waals surface area (Å²) in [6.45, 7) is 4.32. The lowest BCUT2D eigenvalue weighted by Gasteiger charge is -2.16. The van der Waals surface area contributed by atoms with E-state index in [4.69, 9.17) is 0 Å². The highest BCUT2D eigenvalue weighted by molar-refractivity contribution is 7.90.